The summed E-state index contributed by atoms with van der Waals surface area (Å²) in [6, 6.07) is 0. The maximum Gasteiger partial charge on any atom is 0.210 e. The molecule has 0 N–H and O–H groups in total. The van der Waals surface area contributed by atoms with Crippen LogP contribution in [0.25, 0.3) is 5.70 Å². The standard InChI is InChI=1S/C11H13N3/c1-10-6-4-3-5-8-13(2)11-12-7-9-14(10)11/h3-7,9H,1,8H2,2H3/b5-3-,6-4-. The van der Waals surface area contributed by atoms with Crippen LogP contribution in [0.3, 0.4) is 0 Å². The van der Waals surface area contributed by atoms with Gasteiger partial charge in [-0.15, -0.1) is 0 Å². The predicted octanol–water partition coefficient (Wildman–Crippen LogP) is 1.92. The molecular formula is C11H13N3. The van der Waals surface area contributed by atoms with Crippen LogP contribution < -0.4 is 4.90 Å². The van der Waals surface area contributed by atoms with Crippen LogP contribution in [-0.4, -0.2) is 23.1 Å². The molecule has 0 aromatic carbocycles. The monoisotopic (exact) mass is 187 g/mol. The average molecular weight is 187 g/mol. The highest BCUT2D eigenvalue weighted by Gasteiger charge is 2.08. The number of nitrogens with zero attached hydrogens (tertiary/aromatic N) is 3. The van der Waals surface area contributed by atoms with E-state index in [1.54, 1.807) is 6.20 Å². The van der Waals surface area contributed by atoms with Gasteiger partial charge in [-0.25, -0.2) is 4.98 Å². The Hall–Kier alpha value is -1.77. The summed E-state index contributed by atoms with van der Waals surface area (Å²) in [7, 11) is 2.02. The summed E-state index contributed by atoms with van der Waals surface area (Å²) in [6.07, 6.45) is 11.8. The second-order valence-electron chi connectivity index (χ2n) is 3.26. The fraction of sp³-hybridized carbons (Fsp3) is 0.182. The first-order valence-electron chi connectivity index (χ1n) is 4.56. The molecule has 0 radical (unpaired) electrons. The number of fused-ring (bicyclic) bond motifs is 1. The number of rotatable bonds is 0. The summed E-state index contributed by atoms with van der Waals surface area (Å²) >= 11 is 0. The number of imidazole rings is 1. The van der Waals surface area contributed by atoms with Gasteiger partial charge in [0.2, 0.25) is 5.95 Å². The van der Waals surface area contributed by atoms with Crippen LogP contribution in [0.15, 0.2) is 43.3 Å². The molecule has 2 rings (SSSR count). The van der Waals surface area contributed by atoms with Crippen LogP contribution in [0.1, 0.15) is 0 Å². The molecule has 1 aromatic rings. The second-order valence-corrected chi connectivity index (χ2v) is 3.26. The van der Waals surface area contributed by atoms with Gasteiger partial charge in [0.05, 0.1) is 0 Å². The predicted molar refractivity (Wildman–Crippen MR) is 59.1 cm³/mol. The van der Waals surface area contributed by atoms with Crippen molar-refractivity contribution in [1.29, 1.82) is 0 Å². The van der Waals surface area contributed by atoms with Crippen LogP contribution in [0.4, 0.5) is 5.95 Å². The SMILES string of the molecule is C=C1/C=C\C=C/CN(C)c2nccn21. The third-order valence-electron chi connectivity index (χ3n) is 2.19. The first kappa shape index (κ1) is 8.81. The number of likely N-dealkylation sites (N-methyl/N-ethyl adjacent to an activating group) is 1. The Morgan fingerprint density at radius 3 is 3.14 bits per heavy atom. The van der Waals surface area contributed by atoms with E-state index >= 15 is 0 Å². The number of allylic oxidation sites excluding steroid dienone is 4. The minimum absolute atomic E-state index is 0.856. The van der Waals surface area contributed by atoms with Gasteiger partial charge in [0.1, 0.15) is 0 Å². The Labute approximate surface area is 83.7 Å². The molecule has 14 heavy (non-hydrogen) atoms. The molecule has 0 saturated heterocycles. The van der Waals surface area contributed by atoms with E-state index in [0.29, 0.717) is 0 Å². The molecule has 3 nitrogen and oxygen atoms in total. The van der Waals surface area contributed by atoms with Crippen molar-refractivity contribution in [2.45, 2.75) is 0 Å². The second kappa shape index (κ2) is 3.54. The van der Waals surface area contributed by atoms with Crippen LogP contribution in [0, 0.1) is 0 Å². The Balaban J connectivity index is 2.46. The van der Waals surface area contributed by atoms with Gasteiger partial charge < -0.3 is 4.90 Å². The minimum Gasteiger partial charge on any atom is -0.341 e. The van der Waals surface area contributed by atoms with E-state index in [4.69, 9.17) is 0 Å². The van der Waals surface area contributed by atoms with E-state index in [9.17, 15) is 0 Å². The van der Waals surface area contributed by atoms with Crippen molar-refractivity contribution >= 4 is 11.6 Å². The maximum atomic E-state index is 4.29. The number of hydrogen-bond donors (Lipinski definition) is 0. The largest absolute Gasteiger partial charge is 0.341 e. The van der Waals surface area contributed by atoms with Gasteiger partial charge in [-0.2, -0.15) is 0 Å². The topological polar surface area (TPSA) is 21.1 Å². The lowest BCUT2D eigenvalue weighted by atomic mass is 10.4. The molecule has 1 aliphatic rings. The van der Waals surface area contributed by atoms with E-state index in [1.807, 2.05) is 36.0 Å². The third-order valence-corrected chi connectivity index (χ3v) is 2.19. The van der Waals surface area contributed by atoms with Crippen molar-refractivity contribution in [3.05, 3.63) is 43.3 Å². The smallest absolute Gasteiger partial charge is 0.210 e. The fourth-order valence-corrected chi connectivity index (χ4v) is 1.43. The number of hydrogen-bond acceptors (Lipinski definition) is 2. The Kier molecular flexibility index (Phi) is 2.23. The van der Waals surface area contributed by atoms with Gasteiger partial charge in [0, 0.05) is 31.7 Å². The summed E-state index contributed by atoms with van der Waals surface area (Å²) in [4.78, 5) is 6.37. The van der Waals surface area contributed by atoms with Crippen LogP contribution in [-0.2, 0) is 0 Å². The Morgan fingerprint density at radius 2 is 2.29 bits per heavy atom. The van der Waals surface area contributed by atoms with Crippen molar-refractivity contribution in [2.75, 3.05) is 18.5 Å². The molecule has 1 aromatic heterocycles. The zero-order chi connectivity index (χ0) is 9.97. The van der Waals surface area contributed by atoms with Gasteiger partial charge >= 0.3 is 0 Å². The molecule has 72 valence electrons. The van der Waals surface area contributed by atoms with E-state index in [2.05, 4.69) is 22.5 Å². The van der Waals surface area contributed by atoms with E-state index < -0.39 is 0 Å². The molecule has 3 heteroatoms. The van der Waals surface area contributed by atoms with Gasteiger partial charge in [-0.1, -0.05) is 24.8 Å². The molecule has 0 spiro atoms. The lowest BCUT2D eigenvalue weighted by molar-refractivity contribution is 0.926. The van der Waals surface area contributed by atoms with Crippen molar-refractivity contribution in [3.8, 4) is 0 Å². The summed E-state index contributed by atoms with van der Waals surface area (Å²) in [5.41, 5.74) is 0.927. The van der Waals surface area contributed by atoms with E-state index in [-0.39, 0.29) is 0 Å². The Bertz CT molecular complexity index is 398. The first-order valence-corrected chi connectivity index (χ1v) is 4.56. The first-order chi connectivity index (χ1) is 6.79. The summed E-state index contributed by atoms with van der Waals surface area (Å²) in [5, 5.41) is 0. The molecular weight excluding hydrogens is 174 g/mol. The van der Waals surface area contributed by atoms with Gasteiger partial charge in [0.15, 0.2) is 0 Å². The average Bonchev–Trinajstić information content (AvgIpc) is 2.64. The maximum absolute atomic E-state index is 4.29. The molecule has 0 atom stereocenters. The van der Waals surface area contributed by atoms with Gasteiger partial charge in [-0.05, 0) is 6.08 Å². The van der Waals surface area contributed by atoms with Crippen LogP contribution >= 0.6 is 0 Å². The van der Waals surface area contributed by atoms with Crippen molar-refractivity contribution in [2.24, 2.45) is 0 Å². The summed E-state index contributed by atoms with van der Waals surface area (Å²) in [6.45, 7) is 4.84. The van der Waals surface area contributed by atoms with Gasteiger partial charge in [0.25, 0.3) is 0 Å². The summed E-state index contributed by atoms with van der Waals surface area (Å²) < 4.78 is 1.98. The van der Waals surface area contributed by atoms with Crippen LogP contribution in [0.5, 0.6) is 0 Å². The van der Waals surface area contributed by atoms with E-state index in [0.717, 1.165) is 18.2 Å². The zero-order valence-corrected chi connectivity index (χ0v) is 8.22. The number of anilines is 1. The quantitative estimate of drug-likeness (QED) is 0.618. The molecule has 0 bridgehead atoms. The Morgan fingerprint density at radius 1 is 1.43 bits per heavy atom. The molecule has 0 fully saturated rings. The lowest BCUT2D eigenvalue weighted by Gasteiger charge is -2.17. The van der Waals surface area contributed by atoms with Crippen molar-refractivity contribution < 1.29 is 0 Å². The highest BCUT2D eigenvalue weighted by atomic mass is 15.3. The van der Waals surface area contributed by atoms with Gasteiger partial charge in [-0.3, -0.25) is 4.57 Å². The third kappa shape index (κ3) is 1.48. The molecule has 1 aliphatic heterocycles. The molecule has 2 heterocycles. The molecule has 0 saturated carbocycles. The normalized spacial score (nSPS) is 20.6. The minimum atomic E-state index is 0.856. The number of aromatic nitrogens is 2. The summed E-state index contributed by atoms with van der Waals surface area (Å²) in [5.74, 6) is 0.922. The highest BCUT2D eigenvalue weighted by Crippen LogP contribution is 2.16. The molecule has 0 unspecified atom stereocenters. The van der Waals surface area contributed by atoms with Crippen LogP contribution in [0.2, 0.25) is 0 Å². The lowest BCUT2D eigenvalue weighted by Crippen LogP contribution is -2.20. The van der Waals surface area contributed by atoms with Crippen molar-refractivity contribution in [3.63, 3.8) is 0 Å². The molecule has 0 amide bonds. The highest BCUT2D eigenvalue weighted by molar-refractivity contribution is 5.60. The molecule has 0 aliphatic carbocycles. The van der Waals surface area contributed by atoms with E-state index in [1.165, 1.54) is 0 Å². The fourth-order valence-electron chi connectivity index (χ4n) is 1.43. The van der Waals surface area contributed by atoms with Crippen molar-refractivity contribution in [1.82, 2.24) is 9.55 Å². The zero-order valence-electron chi connectivity index (χ0n) is 8.22.